The predicted molar refractivity (Wildman–Crippen MR) is 79.0 cm³/mol. The second-order valence-corrected chi connectivity index (χ2v) is 6.79. The van der Waals surface area contributed by atoms with Gasteiger partial charge in [-0.3, -0.25) is 9.59 Å². The fourth-order valence-electron chi connectivity index (χ4n) is 2.16. The molecule has 0 radical (unpaired) electrons. The molecular formula is C16H24F2O6. The van der Waals surface area contributed by atoms with Crippen LogP contribution in [-0.2, 0) is 28.6 Å². The summed E-state index contributed by atoms with van der Waals surface area (Å²) in [7, 11) is 0. The van der Waals surface area contributed by atoms with Crippen molar-refractivity contribution in [2.24, 2.45) is 11.3 Å². The van der Waals surface area contributed by atoms with Crippen molar-refractivity contribution in [1.82, 2.24) is 0 Å². The van der Waals surface area contributed by atoms with Crippen molar-refractivity contribution in [3.8, 4) is 0 Å². The highest BCUT2D eigenvalue weighted by molar-refractivity contribution is 5.81. The van der Waals surface area contributed by atoms with E-state index in [1.807, 2.05) is 0 Å². The van der Waals surface area contributed by atoms with Crippen molar-refractivity contribution in [3.05, 3.63) is 0 Å². The summed E-state index contributed by atoms with van der Waals surface area (Å²) in [5.74, 6) is -4.21. The molecule has 1 rings (SSSR count). The van der Waals surface area contributed by atoms with Gasteiger partial charge in [0.15, 0.2) is 0 Å². The highest BCUT2D eigenvalue weighted by atomic mass is 19.3. The summed E-state index contributed by atoms with van der Waals surface area (Å²) in [5.41, 5.74) is -0.747. The lowest BCUT2D eigenvalue weighted by atomic mass is 9.89. The van der Waals surface area contributed by atoms with Gasteiger partial charge in [-0.15, -0.1) is 0 Å². The largest absolute Gasteiger partial charge is 0.504 e. The van der Waals surface area contributed by atoms with E-state index < -0.39 is 42.0 Å². The summed E-state index contributed by atoms with van der Waals surface area (Å²) in [6.07, 6.45) is -0.888. The topological polar surface area (TPSA) is 78.9 Å². The van der Waals surface area contributed by atoms with Crippen molar-refractivity contribution in [1.29, 1.82) is 0 Å². The van der Waals surface area contributed by atoms with Gasteiger partial charge >= 0.3 is 24.0 Å². The molecule has 0 aromatic heterocycles. The number of rotatable bonds is 6. The van der Waals surface area contributed by atoms with Gasteiger partial charge in [-0.25, -0.2) is 4.79 Å². The van der Waals surface area contributed by atoms with Crippen molar-refractivity contribution in [3.63, 3.8) is 0 Å². The molecule has 0 saturated heterocycles. The molecular weight excluding hydrogens is 326 g/mol. The number of hydrogen-bond donors (Lipinski definition) is 0. The van der Waals surface area contributed by atoms with Crippen LogP contribution in [0.25, 0.3) is 0 Å². The molecule has 0 atom stereocenters. The number of ether oxygens (including phenoxy) is 3. The molecule has 0 heterocycles. The van der Waals surface area contributed by atoms with E-state index in [1.54, 1.807) is 20.8 Å². The zero-order valence-electron chi connectivity index (χ0n) is 14.2. The zero-order chi connectivity index (χ0) is 18.4. The van der Waals surface area contributed by atoms with E-state index in [1.165, 1.54) is 0 Å². The first-order valence-electron chi connectivity index (χ1n) is 7.99. The van der Waals surface area contributed by atoms with Gasteiger partial charge in [-0.1, -0.05) is 19.3 Å². The normalized spacial score (nSPS) is 16.4. The lowest BCUT2D eigenvalue weighted by molar-refractivity contribution is -0.247. The van der Waals surface area contributed by atoms with Crippen LogP contribution >= 0.6 is 0 Å². The molecule has 1 aliphatic carbocycles. The highest BCUT2D eigenvalue weighted by Gasteiger charge is 2.47. The standard InChI is InChI=1S/C16H24F2O6/c1-15(2,3)13(20)22-9-10-23-14(21)16(17,18)24-12(19)11-7-5-4-6-8-11/h11H,4-10H2,1-3H3. The smallest absolute Gasteiger partial charge is 0.462 e. The van der Waals surface area contributed by atoms with E-state index in [0.717, 1.165) is 19.3 Å². The lowest BCUT2D eigenvalue weighted by Crippen LogP contribution is -2.39. The van der Waals surface area contributed by atoms with Gasteiger partial charge in [0.1, 0.15) is 13.2 Å². The van der Waals surface area contributed by atoms with Gasteiger partial charge in [0, 0.05) is 0 Å². The molecule has 1 fully saturated rings. The maximum absolute atomic E-state index is 13.6. The molecule has 0 unspecified atom stereocenters. The maximum Gasteiger partial charge on any atom is 0.504 e. The first-order valence-corrected chi connectivity index (χ1v) is 7.99. The van der Waals surface area contributed by atoms with Gasteiger partial charge in [-0.2, -0.15) is 8.78 Å². The SMILES string of the molecule is CC(C)(C)C(=O)OCCOC(=O)C(F)(F)OC(=O)C1CCCCC1. The van der Waals surface area contributed by atoms with Crippen LogP contribution in [0.2, 0.25) is 0 Å². The highest BCUT2D eigenvalue weighted by Crippen LogP contribution is 2.28. The van der Waals surface area contributed by atoms with Gasteiger partial charge in [-0.05, 0) is 33.6 Å². The molecule has 138 valence electrons. The van der Waals surface area contributed by atoms with Crippen molar-refractivity contribution in [2.75, 3.05) is 13.2 Å². The molecule has 0 N–H and O–H groups in total. The van der Waals surface area contributed by atoms with E-state index in [9.17, 15) is 23.2 Å². The Hall–Kier alpha value is -1.73. The minimum Gasteiger partial charge on any atom is -0.462 e. The summed E-state index contributed by atoms with van der Waals surface area (Å²) in [6.45, 7) is 3.98. The van der Waals surface area contributed by atoms with Crippen LogP contribution in [0.4, 0.5) is 8.78 Å². The summed E-state index contributed by atoms with van der Waals surface area (Å²) in [5, 5.41) is 0. The van der Waals surface area contributed by atoms with E-state index in [0.29, 0.717) is 12.8 Å². The molecule has 0 spiro atoms. The Balaban J connectivity index is 2.36. The molecule has 0 aliphatic heterocycles. The van der Waals surface area contributed by atoms with Crippen LogP contribution < -0.4 is 0 Å². The monoisotopic (exact) mass is 350 g/mol. The maximum atomic E-state index is 13.6. The van der Waals surface area contributed by atoms with E-state index in [4.69, 9.17) is 4.74 Å². The zero-order valence-corrected chi connectivity index (χ0v) is 14.2. The Morgan fingerprint density at radius 2 is 1.42 bits per heavy atom. The van der Waals surface area contributed by atoms with E-state index >= 15 is 0 Å². The van der Waals surface area contributed by atoms with Crippen molar-refractivity contribution in [2.45, 2.75) is 59.0 Å². The molecule has 0 bridgehead atoms. The van der Waals surface area contributed by atoms with Gasteiger partial charge in [0.25, 0.3) is 0 Å². The fourth-order valence-corrected chi connectivity index (χ4v) is 2.16. The fraction of sp³-hybridized carbons (Fsp3) is 0.812. The quantitative estimate of drug-likeness (QED) is 0.416. The van der Waals surface area contributed by atoms with Crippen LogP contribution in [0.3, 0.4) is 0 Å². The second kappa shape index (κ2) is 8.39. The molecule has 1 aliphatic rings. The van der Waals surface area contributed by atoms with Crippen LogP contribution in [0, 0.1) is 11.3 Å². The lowest BCUT2D eigenvalue weighted by Gasteiger charge is -2.22. The van der Waals surface area contributed by atoms with Gasteiger partial charge < -0.3 is 14.2 Å². The number of halogens is 2. The summed E-state index contributed by atoms with van der Waals surface area (Å²) >= 11 is 0. The Morgan fingerprint density at radius 3 is 1.92 bits per heavy atom. The third-order valence-electron chi connectivity index (χ3n) is 3.57. The molecule has 8 heteroatoms. The van der Waals surface area contributed by atoms with Crippen molar-refractivity contribution >= 4 is 17.9 Å². The molecule has 24 heavy (non-hydrogen) atoms. The third-order valence-corrected chi connectivity index (χ3v) is 3.57. The van der Waals surface area contributed by atoms with Crippen LogP contribution in [-0.4, -0.2) is 37.2 Å². The number of hydrogen-bond acceptors (Lipinski definition) is 6. The Kier molecular flexibility index (Phi) is 7.10. The van der Waals surface area contributed by atoms with E-state index in [-0.39, 0.29) is 6.61 Å². The van der Waals surface area contributed by atoms with Crippen molar-refractivity contribution < 1.29 is 37.4 Å². The third kappa shape index (κ3) is 6.41. The number of carbonyl (C=O) groups excluding carboxylic acids is 3. The number of carbonyl (C=O) groups is 3. The number of alkyl halides is 2. The minimum absolute atomic E-state index is 0.353. The van der Waals surface area contributed by atoms with E-state index in [2.05, 4.69) is 9.47 Å². The predicted octanol–water partition coefficient (Wildman–Crippen LogP) is 2.84. The summed E-state index contributed by atoms with van der Waals surface area (Å²) < 4.78 is 40.3. The molecule has 0 aromatic carbocycles. The Morgan fingerprint density at radius 1 is 0.917 bits per heavy atom. The average molecular weight is 350 g/mol. The first-order chi connectivity index (χ1) is 11.0. The van der Waals surface area contributed by atoms with Crippen LogP contribution in [0.15, 0.2) is 0 Å². The van der Waals surface area contributed by atoms with Gasteiger partial charge in [0.2, 0.25) is 0 Å². The van der Waals surface area contributed by atoms with Crippen LogP contribution in [0.1, 0.15) is 52.9 Å². The Bertz CT molecular complexity index is 464. The molecule has 1 saturated carbocycles. The average Bonchev–Trinajstić information content (AvgIpc) is 2.50. The summed E-state index contributed by atoms with van der Waals surface area (Å²) in [4.78, 5) is 34.4. The second-order valence-electron chi connectivity index (χ2n) is 6.79. The molecule has 0 amide bonds. The number of esters is 3. The molecule has 0 aromatic rings. The minimum atomic E-state index is -4.34. The van der Waals surface area contributed by atoms with Gasteiger partial charge in [0.05, 0.1) is 11.3 Å². The summed E-state index contributed by atoms with van der Waals surface area (Å²) in [6, 6.07) is 0. The first kappa shape index (κ1) is 20.3. The molecule has 6 nitrogen and oxygen atoms in total. The Labute approximate surface area is 139 Å². The van der Waals surface area contributed by atoms with Crippen LogP contribution in [0.5, 0.6) is 0 Å².